The van der Waals surface area contributed by atoms with Gasteiger partial charge in [-0.2, -0.15) is 4.98 Å². The lowest BCUT2D eigenvalue weighted by molar-refractivity contribution is 0.0404. The van der Waals surface area contributed by atoms with Gasteiger partial charge in [0, 0.05) is 18.7 Å². The van der Waals surface area contributed by atoms with E-state index < -0.39 is 0 Å². The molecule has 0 saturated heterocycles. The SMILES string of the molecule is COc1cc(-c2noc(CNC3CCCCC3OC)n2)ccc1C. The van der Waals surface area contributed by atoms with Gasteiger partial charge in [-0.3, -0.25) is 0 Å². The van der Waals surface area contributed by atoms with E-state index in [0.717, 1.165) is 29.7 Å². The number of benzene rings is 1. The molecule has 0 bridgehead atoms. The molecule has 1 aromatic heterocycles. The first-order chi connectivity index (χ1) is 11.7. The standard InChI is InChI=1S/C18H25N3O3/c1-12-8-9-13(10-16(12)23-3)18-20-17(24-21-18)11-19-14-6-4-5-7-15(14)22-2/h8-10,14-15,19H,4-7,11H2,1-3H3. The van der Waals surface area contributed by atoms with Crippen molar-refractivity contribution in [3.05, 3.63) is 29.7 Å². The number of methoxy groups -OCH3 is 2. The van der Waals surface area contributed by atoms with Gasteiger partial charge in [-0.05, 0) is 31.4 Å². The van der Waals surface area contributed by atoms with E-state index in [0.29, 0.717) is 24.3 Å². The Bertz CT molecular complexity index is 671. The van der Waals surface area contributed by atoms with Crippen LogP contribution in [0.15, 0.2) is 22.7 Å². The van der Waals surface area contributed by atoms with E-state index in [1.165, 1.54) is 12.8 Å². The number of hydrogen-bond acceptors (Lipinski definition) is 6. The topological polar surface area (TPSA) is 69.4 Å². The Morgan fingerprint density at radius 3 is 2.88 bits per heavy atom. The molecule has 1 saturated carbocycles. The highest BCUT2D eigenvalue weighted by Gasteiger charge is 2.24. The summed E-state index contributed by atoms with van der Waals surface area (Å²) in [4.78, 5) is 4.48. The second kappa shape index (κ2) is 7.77. The Labute approximate surface area is 142 Å². The molecular formula is C18H25N3O3. The van der Waals surface area contributed by atoms with Crippen molar-refractivity contribution in [3.8, 4) is 17.1 Å². The lowest BCUT2D eigenvalue weighted by Gasteiger charge is -2.30. The van der Waals surface area contributed by atoms with Crippen LogP contribution in [0.2, 0.25) is 0 Å². The second-order valence-corrected chi connectivity index (χ2v) is 6.24. The summed E-state index contributed by atoms with van der Waals surface area (Å²) < 4.78 is 16.3. The van der Waals surface area contributed by atoms with Gasteiger partial charge in [0.15, 0.2) is 0 Å². The molecule has 1 aliphatic carbocycles. The Hall–Kier alpha value is -1.92. The molecule has 0 radical (unpaired) electrons. The maximum Gasteiger partial charge on any atom is 0.240 e. The summed E-state index contributed by atoms with van der Waals surface area (Å²) in [6.45, 7) is 2.56. The van der Waals surface area contributed by atoms with Crippen molar-refractivity contribution in [2.45, 2.75) is 51.3 Å². The number of nitrogens with zero attached hydrogens (tertiary/aromatic N) is 2. The van der Waals surface area contributed by atoms with Crippen molar-refractivity contribution < 1.29 is 14.0 Å². The van der Waals surface area contributed by atoms with E-state index in [1.54, 1.807) is 14.2 Å². The molecule has 0 aliphatic heterocycles. The highest BCUT2D eigenvalue weighted by atomic mass is 16.5. The van der Waals surface area contributed by atoms with Crippen LogP contribution in [0.5, 0.6) is 5.75 Å². The summed E-state index contributed by atoms with van der Waals surface area (Å²) in [5, 5.41) is 7.57. The summed E-state index contributed by atoms with van der Waals surface area (Å²) in [5.74, 6) is 1.99. The van der Waals surface area contributed by atoms with E-state index in [9.17, 15) is 0 Å². The van der Waals surface area contributed by atoms with E-state index in [2.05, 4.69) is 15.5 Å². The fraction of sp³-hybridized carbons (Fsp3) is 0.556. The van der Waals surface area contributed by atoms with Crippen LogP contribution in [0.4, 0.5) is 0 Å². The minimum atomic E-state index is 0.266. The molecule has 130 valence electrons. The maximum atomic E-state index is 5.56. The zero-order valence-corrected chi connectivity index (χ0v) is 14.5. The first-order valence-electron chi connectivity index (χ1n) is 8.45. The van der Waals surface area contributed by atoms with Gasteiger partial charge in [-0.1, -0.05) is 30.1 Å². The van der Waals surface area contributed by atoms with Crippen LogP contribution >= 0.6 is 0 Å². The Balaban J connectivity index is 1.65. The molecule has 1 fully saturated rings. The number of rotatable bonds is 6. The molecule has 1 aliphatic rings. The first-order valence-corrected chi connectivity index (χ1v) is 8.45. The molecule has 6 heteroatoms. The molecule has 6 nitrogen and oxygen atoms in total. The van der Waals surface area contributed by atoms with Gasteiger partial charge in [0.1, 0.15) is 5.75 Å². The third kappa shape index (κ3) is 3.76. The molecule has 2 aromatic rings. The summed E-state index contributed by atoms with van der Waals surface area (Å²) in [6.07, 6.45) is 4.95. The number of aromatic nitrogens is 2. The van der Waals surface area contributed by atoms with Gasteiger partial charge in [-0.15, -0.1) is 0 Å². The minimum Gasteiger partial charge on any atom is -0.496 e. The Kier molecular flexibility index (Phi) is 5.48. The van der Waals surface area contributed by atoms with Gasteiger partial charge in [0.25, 0.3) is 0 Å². The van der Waals surface area contributed by atoms with Crippen molar-refractivity contribution >= 4 is 0 Å². The molecule has 1 N–H and O–H groups in total. The minimum absolute atomic E-state index is 0.266. The normalized spacial score (nSPS) is 21.0. The van der Waals surface area contributed by atoms with E-state index in [4.69, 9.17) is 14.0 Å². The van der Waals surface area contributed by atoms with Crippen LogP contribution in [0, 0.1) is 6.92 Å². The lowest BCUT2D eigenvalue weighted by atomic mass is 9.92. The third-order valence-electron chi connectivity index (χ3n) is 4.66. The fourth-order valence-corrected chi connectivity index (χ4v) is 3.23. The molecule has 0 amide bonds. The average Bonchev–Trinajstić information content (AvgIpc) is 3.09. The van der Waals surface area contributed by atoms with Crippen LogP contribution in [0.1, 0.15) is 37.1 Å². The largest absolute Gasteiger partial charge is 0.496 e. The zero-order valence-electron chi connectivity index (χ0n) is 14.5. The Morgan fingerprint density at radius 2 is 2.08 bits per heavy atom. The second-order valence-electron chi connectivity index (χ2n) is 6.24. The molecule has 1 heterocycles. The van der Waals surface area contributed by atoms with E-state index in [1.807, 2.05) is 25.1 Å². The quantitative estimate of drug-likeness (QED) is 0.877. The Morgan fingerprint density at radius 1 is 1.25 bits per heavy atom. The maximum absolute atomic E-state index is 5.56. The van der Waals surface area contributed by atoms with E-state index in [-0.39, 0.29) is 6.10 Å². The van der Waals surface area contributed by atoms with Crippen LogP contribution in [0.3, 0.4) is 0 Å². The predicted molar refractivity (Wildman–Crippen MR) is 90.9 cm³/mol. The summed E-state index contributed by atoms with van der Waals surface area (Å²) in [7, 11) is 3.44. The van der Waals surface area contributed by atoms with Gasteiger partial charge >= 0.3 is 0 Å². The van der Waals surface area contributed by atoms with Crippen LogP contribution < -0.4 is 10.1 Å². The van der Waals surface area contributed by atoms with Gasteiger partial charge < -0.3 is 19.3 Å². The van der Waals surface area contributed by atoms with Crippen LogP contribution in [-0.2, 0) is 11.3 Å². The molecule has 1 aromatic carbocycles. The lowest BCUT2D eigenvalue weighted by Crippen LogP contribution is -2.42. The predicted octanol–water partition coefficient (Wildman–Crippen LogP) is 3.10. The highest BCUT2D eigenvalue weighted by molar-refractivity contribution is 5.58. The van der Waals surface area contributed by atoms with Crippen LogP contribution in [0.25, 0.3) is 11.4 Å². The number of ether oxygens (including phenoxy) is 2. The molecule has 2 unspecified atom stereocenters. The summed E-state index contributed by atoms with van der Waals surface area (Å²) >= 11 is 0. The van der Waals surface area contributed by atoms with Gasteiger partial charge in [-0.25, -0.2) is 0 Å². The average molecular weight is 331 g/mol. The first kappa shape index (κ1) is 16.9. The fourth-order valence-electron chi connectivity index (χ4n) is 3.23. The molecule has 2 atom stereocenters. The molecule has 24 heavy (non-hydrogen) atoms. The van der Waals surface area contributed by atoms with Crippen molar-refractivity contribution in [1.82, 2.24) is 15.5 Å². The zero-order chi connectivity index (χ0) is 16.9. The molecule has 3 rings (SSSR count). The summed E-state index contributed by atoms with van der Waals surface area (Å²) in [5.41, 5.74) is 1.97. The summed E-state index contributed by atoms with van der Waals surface area (Å²) in [6, 6.07) is 6.24. The smallest absolute Gasteiger partial charge is 0.240 e. The van der Waals surface area contributed by atoms with Crippen molar-refractivity contribution in [2.24, 2.45) is 0 Å². The van der Waals surface area contributed by atoms with E-state index >= 15 is 0 Å². The van der Waals surface area contributed by atoms with Crippen molar-refractivity contribution in [2.75, 3.05) is 14.2 Å². The highest BCUT2D eigenvalue weighted by Crippen LogP contribution is 2.25. The van der Waals surface area contributed by atoms with Crippen LogP contribution in [-0.4, -0.2) is 36.5 Å². The molecule has 0 spiro atoms. The van der Waals surface area contributed by atoms with Gasteiger partial charge in [0.2, 0.25) is 11.7 Å². The number of hydrogen-bond donors (Lipinski definition) is 1. The monoisotopic (exact) mass is 331 g/mol. The number of aryl methyl sites for hydroxylation is 1. The molecular weight excluding hydrogens is 306 g/mol. The van der Waals surface area contributed by atoms with Gasteiger partial charge in [0.05, 0.1) is 19.8 Å². The van der Waals surface area contributed by atoms with Crippen molar-refractivity contribution in [3.63, 3.8) is 0 Å². The van der Waals surface area contributed by atoms with Crippen molar-refractivity contribution in [1.29, 1.82) is 0 Å². The number of nitrogens with one attached hydrogen (secondary N) is 1. The third-order valence-corrected chi connectivity index (χ3v) is 4.66.